The van der Waals surface area contributed by atoms with Crippen LogP contribution in [0.2, 0.25) is 5.02 Å². The first-order chi connectivity index (χ1) is 9.01. The molecule has 2 rings (SSSR count). The van der Waals surface area contributed by atoms with Crippen LogP contribution in [0.4, 0.5) is 5.82 Å². The largest absolute Gasteiger partial charge is 0.372 e. The van der Waals surface area contributed by atoms with Gasteiger partial charge in [-0.05, 0) is 19.9 Å². The highest BCUT2D eigenvalue weighted by Gasteiger charge is 2.27. The third kappa shape index (κ3) is 3.16. The average Bonchev–Trinajstić information content (AvgIpc) is 2.36. The number of amides is 1. The molecule has 0 saturated carbocycles. The van der Waals surface area contributed by atoms with Crippen LogP contribution >= 0.6 is 11.6 Å². The second-order valence-electron chi connectivity index (χ2n) is 4.77. The lowest BCUT2D eigenvalue weighted by molar-refractivity contribution is -0.0586. The van der Waals surface area contributed by atoms with Crippen LogP contribution in [0.5, 0.6) is 0 Å². The van der Waals surface area contributed by atoms with Crippen LogP contribution in [0.3, 0.4) is 0 Å². The van der Waals surface area contributed by atoms with E-state index < -0.39 is 0 Å². The molecule has 0 aliphatic carbocycles. The number of halogens is 1. The van der Waals surface area contributed by atoms with Gasteiger partial charge in [0.15, 0.2) is 0 Å². The van der Waals surface area contributed by atoms with Gasteiger partial charge in [0.2, 0.25) is 0 Å². The SMILES string of the molecule is CNc1ncc(C(=O)N2C[C@@H](C)O[C@@H](C)C2)cc1Cl. The maximum Gasteiger partial charge on any atom is 0.255 e. The second kappa shape index (κ2) is 5.75. The minimum Gasteiger partial charge on any atom is -0.372 e. The van der Waals surface area contributed by atoms with Gasteiger partial charge in [0.1, 0.15) is 5.82 Å². The molecule has 1 aromatic heterocycles. The standard InChI is InChI=1S/C13H18ClN3O2/c1-8-6-17(7-9(2)19-8)13(18)10-4-11(14)12(15-3)16-5-10/h4-5,8-9H,6-7H2,1-3H3,(H,15,16)/t8-,9+. The van der Waals surface area contributed by atoms with Crippen molar-refractivity contribution in [2.75, 3.05) is 25.5 Å². The zero-order chi connectivity index (χ0) is 14.0. The Hall–Kier alpha value is -1.33. The van der Waals surface area contributed by atoms with Gasteiger partial charge in [-0.3, -0.25) is 4.79 Å². The highest BCUT2D eigenvalue weighted by molar-refractivity contribution is 6.33. The number of carbonyl (C=O) groups is 1. The van der Waals surface area contributed by atoms with Crippen molar-refractivity contribution in [1.29, 1.82) is 0 Å². The van der Waals surface area contributed by atoms with Crippen LogP contribution in [0.15, 0.2) is 12.3 Å². The average molecular weight is 284 g/mol. The van der Waals surface area contributed by atoms with Crippen LogP contribution in [0, 0.1) is 0 Å². The smallest absolute Gasteiger partial charge is 0.255 e. The number of carbonyl (C=O) groups excluding carboxylic acids is 1. The minimum absolute atomic E-state index is 0.0488. The molecule has 0 unspecified atom stereocenters. The van der Waals surface area contributed by atoms with Crippen molar-refractivity contribution in [2.45, 2.75) is 26.1 Å². The lowest BCUT2D eigenvalue weighted by Gasteiger charge is -2.35. The molecule has 0 aromatic carbocycles. The van der Waals surface area contributed by atoms with Crippen LogP contribution in [0.25, 0.3) is 0 Å². The van der Waals surface area contributed by atoms with Crippen molar-refractivity contribution in [3.63, 3.8) is 0 Å². The van der Waals surface area contributed by atoms with Gasteiger partial charge in [0, 0.05) is 26.3 Å². The fraction of sp³-hybridized carbons (Fsp3) is 0.538. The van der Waals surface area contributed by atoms with Gasteiger partial charge in [-0.1, -0.05) is 11.6 Å². The summed E-state index contributed by atoms with van der Waals surface area (Å²) >= 11 is 6.05. The van der Waals surface area contributed by atoms with E-state index in [1.165, 1.54) is 0 Å². The number of anilines is 1. The third-order valence-corrected chi connectivity index (χ3v) is 3.32. The number of nitrogens with one attached hydrogen (secondary N) is 1. The summed E-state index contributed by atoms with van der Waals surface area (Å²) < 4.78 is 5.62. The molecule has 0 radical (unpaired) electrons. The van der Waals surface area contributed by atoms with Crippen molar-refractivity contribution in [3.05, 3.63) is 22.8 Å². The fourth-order valence-electron chi connectivity index (χ4n) is 2.27. The van der Waals surface area contributed by atoms with Crippen molar-refractivity contribution >= 4 is 23.3 Å². The summed E-state index contributed by atoms with van der Waals surface area (Å²) in [6, 6.07) is 1.65. The molecule has 0 spiro atoms. The second-order valence-corrected chi connectivity index (χ2v) is 5.18. The summed E-state index contributed by atoms with van der Waals surface area (Å²) in [7, 11) is 1.74. The highest BCUT2D eigenvalue weighted by atomic mass is 35.5. The van der Waals surface area contributed by atoms with E-state index in [-0.39, 0.29) is 18.1 Å². The van der Waals surface area contributed by atoms with Crippen LogP contribution in [-0.4, -0.2) is 48.1 Å². The first kappa shape index (κ1) is 14.1. The Labute approximate surface area is 117 Å². The van der Waals surface area contributed by atoms with E-state index in [4.69, 9.17) is 16.3 Å². The molecule has 1 N–H and O–H groups in total. The van der Waals surface area contributed by atoms with Gasteiger partial charge < -0.3 is 15.0 Å². The molecule has 104 valence electrons. The molecular formula is C13H18ClN3O2. The van der Waals surface area contributed by atoms with Gasteiger partial charge in [-0.15, -0.1) is 0 Å². The normalized spacial score (nSPS) is 23.3. The molecule has 6 heteroatoms. The molecule has 1 aliphatic heterocycles. The fourth-order valence-corrected chi connectivity index (χ4v) is 2.53. The minimum atomic E-state index is -0.0564. The first-order valence-electron chi connectivity index (χ1n) is 6.29. The monoisotopic (exact) mass is 283 g/mol. The van der Waals surface area contributed by atoms with Crippen molar-refractivity contribution in [1.82, 2.24) is 9.88 Å². The number of aromatic nitrogens is 1. The Balaban J connectivity index is 2.17. The Morgan fingerprint density at radius 3 is 2.63 bits per heavy atom. The molecule has 1 aliphatic rings. The van der Waals surface area contributed by atoms with Crippen LogP contribution in [-0.2, 0) is 4.74 Å². The zero-order valence-corrected chi connectivity index (χ0v) is 12.1. The molecule has 19 heavy (non-hydrogen) atoms. The molecule has 5 nitrogen and oxygen atoms in total. The number of hydrogen-bond acceptors (Lipinski definition) is 4. The number of ether oxygens (including phenoxy) is 1. The van der Waals surface area contributed by atoms with E-state index in [2.05, 4.69) is 10.3 Å². The molecule has 1 saturated heterocycles. The molecule has 1 fully saturated rings. The third-order valence-electron chi connectivity index (χ3n) is 3.03. The summed E-state index contributed by atoms with van der Waals surface area (Å²) in [6.07, 6.45) is 1.64. The van der Waals surface area contributed by atoms with Gasteiger partial charge in [0.25, 0.3) is 5.91 Å². The number of pyridine rings is 1. The lowest BCUT2D eigenvalue weighted by atomic mass is 10.2. The number of morpholine rings is 1. The maximum absolute atomic E-state index is 12.4. The topological polar surface area (TPSA) is 54.5 Å². The lowest BCUT2D eigenvalue weighted by Crippen LogP contribution is -2.48. The predicted octanol–water partition coefficient (Wildman–Crippen LogP) is 2.03. The van der Waals surface area contributed by atoms with Crippen molar-refractivity contribution in [2.24, 2.45) is 0 Å². The van der Waals surface area contributed by atoms with Crippen LogP contribution < -0.4 is 5.32 Å². The molecule has 0 bridgehead atoms. The Morgan fingerprint density at radius 1 is 1.47 bits per heavy atom. The van der Waals surface area contributed by atoms with Crippen LogP contribution in [0.1, 0.15) is 24.2 Å². The molecule has 2 heterocycles. The predicted molar refractivity (Wildman–Crippen MR) is 74.7 cm³/mol. The van der Waals surface area contributed by atoms with Gasteiger partial charge in [0.05, 0.1) is 22.8 Å². The quantitative estimate of drug-likeness (QED) is 0.902. The van der Waals surface area contributed by atoms with E-state index >= 15 is 0 Å². The summed E-state index contributed by atoms with van der Waals surface area (Å²) in [5.74, 6) is 0.515. The van der Waals surface area contributed by atoms with E-state index in [1.54, 1.807) is 24.2 Å². The highest BCUT2D eigenvalue weighted by Crippen LogP contribution is 2.21. The number of hydrogen-bond donors (Lipinski definition) is 1. The molecular weight excluding hydrogens is 266 g/mol. The van der Waals surface area contributed by atoms with Gasteiger partial charge >= 0.3 is 0 Å². The molecule has 1 aromatic rings. The van der Waals surface area contributed by atoms with E-state index in [0.717, 1.165) is 0 Å². The molecule has 2 atom stereocenters. The van der Waals surface area contributed by atoms with Gasteiger partial charge in [-0.2, -0.15) is 0 Å². The Morgan fingerprint density at radius 2 is 2.11 bits per heavy atom. The first-order valence-corrected chi connectivity index (χ1v) is 6.67. The Kier molecular flexibility index (Phi) is 4.27. The van der Waals surface area contributed by atoms with E-state index in [1.807, 2.05) is 13.8 Å². The summed E-state index contributed by atoms with van der Waals surface area (Å²) in [5.41, 5.74) is 0.505. The summed E-state index contributed by atoms with van der Waals surface area (Å²) in [5, 5.41) is 3.31. The maximum atomic E-state index is 12.4. The Bertz CT molecular complexity index is 471. The van der Waals surface area contributed by atoms with E-state index in [9.17, 15) is 4.79 Å². The van der Waals surface area contributed by atoms with Crippen molar-refractivity contribution < 1.29 is 9.53 Å². The summed E-state index contributed by atoms with van der Waals surface area (Å²) in [4.78, 5) is 18.3. The number of nitrogens with zero attached hydrogens (tertiary/aromatic N) is 2. The summed E-state index contributed by atoms with van der Waals surface area (Å²) in [6.45, 7) is 5.11. The molecule has 1 amide bonds. The number of rotatable bonds is 2. The van der Waals surface area contributed by atoms with E-state index in [0.29, 0.717) is 29.5 Å². The van der Waals surface area contributed by atoms with Gasteiger partial charge in [-0.25, -0.2) is 4.98 Å². The van der Waals surface area contributed by atoms with Crippen molar-refractivity contribution in [3.8, 4) is 0 Å². The zero-order valence-electron chi connectivity index (χ0n) is 11.3.